The van der Waals surface area contributed by atoms with Gasteiger partial charge in [-0.15, -0.1) is 6.58 Å². The van der Waals surface area contributed by atoms with E-state index in [1.165, 1.54) is 18.2 Å². The van der Waals surface area contributed by atoms with Gasteiger partial charge in [-0.25, -0.2) is 13.6 Å². The standard InChI is InChI=1S/C27H28F2N2O2/c1-3-5-8-13-31-18(4-2)16-20-19-9-6-7-10-23(19)30-26(20)27(31)25-21(28)14-17(15-22(25)29)11-12-24(32)33/h3,6-7,9-12,14-15,18,27,30H,1,4-5,8,13,16H2,2H3,(H,32,33)/b12-11+. The molecule has 1 aliphatic heterocycles. The molecule has 0 saturated heterocycles. The molecule has 0 aliphatic carbocycles. The first-order valence-electron chi connectivity index (χ1n) is 11.3. The van der Waals surface area contributed by atoms with E-state index in [4.69, 9.17) is 5.11 Å². The van der Waals surface area contributed by atoms with Crippen LogP contribution in [-0.2, 0) is 11.2 Å². The van der Waals surface area contributed by atoms with Gasteiger partial charge in [0.05, 0.1) is 6.04 Å². The largest absolute Gasteiger partial charge is 0.478 e. The van der Waals surface area contributed by atoms with Crippen molar-refractivity contribution in [3.05, 3.63) is 89.1 Å². The first kappa shape index (κ1) is 22.9. The van der Waals surface area contributed by atoms with E-state index in [9.17, 15) is 4.79 Å². The van der Waals surface area contributed by atoms with Crippen molar-refractivity contribution >= 4 is 22.9 Å². The van der Waals surface area contributed by atoms with Gasteiger partial charge >= 0.3 is 5.97 Å². The number of hydrogen-bond acceptors (Lipinski definition) is 2. The summed E-state index contributed by atoms with van der Waals surface area (Å²) < 4.78 is 31.0. The Kier molecular flexibility index (Phi) is 6.75. The summed E-state index contributed by atoms with van der Waals surface area (Å²) in [6.07, 6.45) is 7.26. The normalized spacial score (nSPS) is 18.6. The lowest BCUT2D eigenvalue weighted by atomic mass is 9.86. The highest BCUT2D eigenvalue weighted by atomic mass is 19.1. The summed E-state index contributed by atoms with van der Waals surface area (Å²) in [5, 5.41) is 9.94. The molecule has 0 spiro atoms. The molecule has 2 aromatic carbocycles. The van der Waals surface area contributed by atoms with Crippen LogP contribution in [0.1, 0.15) is 54.6 Å². The van der Waals surface area contributed by atoms with Gasteiger partial charge in [0, 0.05) is 34.3 Å². The molecular weight excluding hydrogens is 422 g/mol. The molecule has 2 atom stereocenters. The number of halogens is 2. The van der Waals surface area contributed by atoms with Crippen LogP contribution in [0.15, 0.2) is 55.1 Å². The topological polar surface area (TPSA) is 56.3 Å². The lowest BCUT2D eigenvalue weighted by Crippen LogP contribution is -2.45. The number of rotatable bonds is 8. The molecule has 2 heterocycles. The number of benzene rings is 2. The van der Waals surface area contributed by atoms with E-state index in [1.807, 2.05) is 30.3 Å². The summed E-state index contributed by atoms with van der Waals surface area (Å²) in [5.74, 6) is -2.53. The summed E-state index contributed by atoms with van der Waals surface area (Å²) in [4.78, 5) is 16.5. The zero-order chi connectivity index (χ0) is 23.5. The molecular formula is C27H28F2N2O2. The van der Waals surface area contributed by atoms with Crippen molar-refractivity contribution in [2.24, 2.45) is 0 Å². The van der Waals surface area contributed by atoms with Gasteiger partial charge < -0.3 is 10.1 Å². The Morgan fingerprint density at radius 1 is 1.27 bits per heavy atom. The number of carboxylic acids is 1. The number of unbranched alkanes of at least 4 members (excludes halogenated alkanes) is 1. The molecule has 4 nitrogen and oxygen atoms in total. The van der Waals surface area contributed by atoms with Gasteiger partial charge in [0.1, 0.15) is 11.6 Å². The minimum Gasteiger partial charge on any atom is -0.478 e. The van der Waals surface area contributed by atoms with E-state index in [0.717, 1.165) is 53.9 Å². The van der Waals surface area contributed by atoms with Crippen LogP contribution in [0, 0.1) is 11.6 Å². The molecule has 0 fully saturated rings. The lowest BCUT2D eigenvalue weighted by Gasteiger charge is -2.42. The van der Waals surface area contributed by atoms with Gasteiger partial charge in [0.2, 0.25) is 0 Å². The van der Waals surface area contributed by atoms with Crippen LogP contribution in [0.5, 0.6) is 0 Å². The number of allylic oxidation sites excluding steroid dienone is 1. The molecule has 0 bridgehead atoms. The third-order valence-corrected chi connectivity index (χ3v) is 6.45. The van der Waals surface area contributed by atoms with E-state index in [-0.39, 0.29) is 17.2 Å². The van der Waals surface area contributed by atoms with Gasteiger partial charge in [-0.05, 0) is 67.6 Å². The van der Waals surface area contributed by atoms with Crippen molar-refractivity contribution < 1.29 is 18.7 Å². The fraction of sp³-hybridized carbons (Fsp3) is 0.296. The Labute approximate surface area is 192 Å². The van der Waals surface area contributed by atoms with Gasteiger partial charge in [-0.2, -0.15) is 0 Å². The molecule has 33 heavy (non-hydrogen) atoms. The van der Waals surface area contributed by atoms with E-state index in [0.29, 0.717) is 6.54 Å². The van der Waals surface area contributed by atoms with E-state index in [1.54, 1.807) is 0 Å². The SMILES string of the molecule is C=CCCCN1C(CC)Cc2c([nH]c3ccccc23)C1c1c(F)cc(/C=C/C(=O)O)cc1F. The quantitative estimate of drug-likeness (QED) is 0.243. The number of aromatic amines is 1. The minimum absolute atomic E-state index is 0.00738. The zero-order valence-corrected chi connectivity index (χ0v) is 18.7. The van der Waals surface area contributed by atoms with Gasteiger partial charge in [0.15, 0.2) is 0 Å². The highest BCUT2D eigenvalue weighted by molar-refractivity contribution is 5.86. The minimum atomic E-state index is -1.17. The van der Waals surface area contributed by atoms with E-state index >= 15 is 8.78 Å². The summed E-state index contributed by atoms with van der Waals surface area (Å²) in [7, 11) is 0. The van der Waals surface area contributed by atoms with Gasteiger partial charge in [-0.1, -0.05) is 31.2 Å². The number of aliphatic carboxylic acids is 1. The number of fused-ring (bicyclic) bond motifs is 3. The Hall–Kier alpha value is -3.25. The summed E-state index contributed by atoms with van der Waals surface area (Å²) in [5.41, 5.74) is 3.06. The van der Waals surface area contributed by atoms with Crippen LogP contribution in [0.25, 0.3) is 17.0 Å². The third kappa shape index (κ3) is 4.48. The number of nitrogens with zero attached hydrogens (tertiary/aromatic N) is 1. The van der Waals surface area contributed by atoms with Crippen LogP contribution in [0.2, 0.25) is 0 Å². The monoisotopic (exact) mass is 450 g/mol. The molecule has 0 saturated carbocycles. The van der Waals surface area contributed by atoms with E-state index < -0.39 is 23.6 Å². The molecule has 4 rings (SSSR count). The van der Waals surface area contributed by atoms with Crippen molar-refractivity contribution in [2.75, 3.05) is 6.54 Å². The van der Waals surface area contributed by atoms with Crippen molar-refractivity contribution in [1.29, 1.82) is 0 Å². The Morgan fingerprint density at radius 3 is 2.67 bits per heavy atom. The summed E-state index contributed by atoms with van der Waals surface area (Å²) in [6, 6.07) is 9.91. The third-order valence-electron chi connectivity index (χ3n) is 6.45. The molecule has 1 aliphatic rings. The fourth-order valence-corrected chi connectivity index (χ4v) is 4.95. The van der Waals surface area contributed by atoms with Crippen LogP contribution >= 0.6 is 0 Å². The second kappa shape index (κ2) is 9.71. The smallest absolute Gasteiger partial charge is 0.328 e. The zero-order valence-electron chi connectivity index (χ0n) is 18.7. The van der Waals surface area contributed by atoms with Crippen molar-refractivity contribution in [3.63, 3.8) is 0 Å². The Balaban J connectivity index is 1.88. The summed E-state index contributed by atoms with van der Waals surface area (Å²) >= 11 is 0. The second-order valence-corrected chi connectivity index (χ2v) is 8.47. The van der Waals surface area contributed by atoms with Crippen LogP contribution in [-0.4, -0.2) is 33.5 Å². The number of carboxylic acid groups (broad SMARTS) is 1. The van der Waals surface area contributed by atoms with Crippen LogP contribution < -0.4 is 0 Å². The maximum Gasteiger partial charge on any atom is 0.328 e. The molecule has 2 unspecified atom stereocenters. The molecule has 6 heteroatoms. The van der Waals surface area contributed by atoms with Crippen molar-refractivity contribution in [1.82, 2.24) is 9.88 Å². The van der Waals surface area contributed by atoms with E-state index in [2.05, 4.69) is 23.4 Å². The average molecular weight is 451 g/mol. The number of aromatic nitrogens is 1. The number of carbonyl (C=O) groups is 1. The summed E-state index contributed by atoms with van der Waals surface area (Å²) in [6.45, 7) is 6.59. The first-order valence-corrected chi connectivity index (χ1v) is 11.3. The first-order chi connectivity index (χ1) is 15.9. The van der Waals surface area contributed by atoms with Crippen molar-refractivity contribution in [2.45, 2.75) is 44.7 Å². The number of para-hydroxylation sites is 1. The number of nitrogens with one attached hydrogen (secondary N) is 1. The molecule has 2 N–H and O–H groups in total. The lowest BCUT2D eigenvalue weighted by molar-refractivity contribution is -0.131. The van der Waals surface area contributed by atoms with Gasteiger partial charge in [-0.3, -0.25) is 4.90 Å². The van der Waals surface area contributed by atoms with Gasteiger partial charge in [0.25, 0.3) is 0 Å². The van der Waals surface area contributed by atoms with Crippen LogP contribution in [0.4, 0.5) is 8.78 Å². The highest BCUT2D eigenvalue weighted by Gasteiger charge is 2.39. The maximum atomic E-state index is 15.5. The second-order valence-electron chi connectivity index (χ2n) is 8.47. The van der Waals surface area contributed by atoms with Crippen molar-refractivity contribution in [3.8, 4) is 0 Å². The predicted molar refractivity (Wildman–Crippen MR) is 127 cm³/mol. The highest BCUT2D eigenvalue weighted by Crippen LogP contribution is 2.43. The molecule has 1 aromatic heterocycles. The number of H-pyrrole nitrogens is 1. The Bertz CT molecular complexity index is 1190. The maximum absolute atomic E-state index is 15.5. The van der Waals surface area contributed by atoms with Crippen LogP contribution in [0.3, 0.4) is 0 Å². The Morgan fingerprint density at radius 2 is 2.00 bits per heavy atom. The average Bonchev–Trinajstić information content (AvgIpc) is 3.16. The molecule has 3 aromatic rings. The molecule has 0 radical (unpaired) electrons. The molecule has 0 amide bonds. The predicted octanol–water partition coefficient (Wildman–Crippen LogP) is 6.24. The fourth-order valence-electron chi connectivity index (χ4n) is 4.95. The molecule has 172 valence electrons. The number of hydrogen-bond donors (Lipinski definition) is 2.